The quantitative estimate of drug-likeness (QED) is 0.128. The highest BCUT2D eigenvalue weighted by molar-refractivity contribution is 7.15. The van der Waals surface area contributed by atoms with Crippen molar-refractivity contribution in [1.82, 2.24) is 39.3 Å². The van der Waals surface area contributed by atoms with Crippen LogP contribution in [0, 0.1) is 0 Å². The molecule has 9 heteroatoms. The van der Waals surface area contributed by atoms with E-state index in [1.807, 2.05) is 12.1 Å². The maximum atomic E-state index is 5.30. The van der Waals surface area contributed by atoms with E-state index in [9.17, 15) is 0 Å². The summed E-state index contributed by atoms with van der Waals surface area (Å²) in [5, 5.41) is 23.6. The number of para-hydroxylation sites is 4. The minimum absolute atomic E-state index is 0.659. The predicted octanol–water partition coefficient (Wildman–Crippen LogP) is 20.7. The summed E-state index contributed by atoms with van der Waals surface area (Å²) in [4.78, 5) is 20.9. The first-order valence-electron chi connectivity index (χ1n) is 32.2. The van der Waals surface area contributed by atoms with Gasteiger partial charge in [0, 0.05) is 76.9 Å². The molecule has 0 aliphatic heterocycles. The van der Waals surface area contributed by atoms with E-state index < -0.39 is 0 Å². The standard InChI is InChI=1S/C87H56N8S/c1-3-55(52-80-54(2)67-22-10-14-32-78(67)94(80)65-47-42-62(43-48-65)84-88-76-30-12-8-26-74(76)82(90-84)60-38-34-58(35-39-60)70-28-16-20-56-18-4-6-23-68(56)70)86-92-93-87(96-86)64-46-51-73-72-25-11-15-33-79(72)95(81(73)53-64)66-49-44-63(45-50-66)85-89-77-31-13-9-27-75(77)83(91-85)61-40-36-59(37-41-61)71-29-17-21-57-19-5-7-24-69(57)71/h3-53H,2H2,1H3/b55-3+,80-52+. The van der Waals surface area contributed by atoms with Crippen molar-refractivity contribution in [2.24, 2.45) is 0 Å². The van der Waals surface area contributed by atoms with Gasteiger partial charge >= 0.3 is 0 Å². The third-order valence-corrected chi connectivity index (χ3v) is 19.7. The van der Waals surface area contributed by atoms with Crippen LogP contribution in [0.25, 0.3) is 184 Å². The Labute approximate surface area is 556 Å². The average Bonchev–Trinajstić information content (AvgIpc) is 1.55. The highest BCUT2D eigenvalue weighted by Crippen LogP contribution is 2.40. The summed E-state index contributed by atoms with van der Waals surface area (Å²) in [5.74, 6) is 1.33. The van der Waals surface area contributed by atoms with Crippen molar-refractivity contribution in [3.8, 4) is 89.5 Å². The molecule has 0 radical (unpaired) electrons. The average molecular weight is 1250 g/mol. The van der Waals surface area contributed by atoms with Crippen LogP contribution in [-0.2, 0) is 0 Å². The van der Waals surface area contributed by atoms with Gasteiger partial charge in [0.15, 0.2) is 11.6 Å². The number of allylic oxidation sites excluding steroid dienone is 2. The zero-order chi connectivity index (χ0) is 63.8. The lowest BCUT2D eigenvalue weighted by Gasteiger charge is -2.12. The Morgan fingerprint density at radius 3 is 1.33 bits per heavy atom. The third-order valence-electron chi connectivity index (χ3n) is 18.7. The lowest BCUT2D eigenvalue weighted by molar-refractivity contribution is 1.07. The van der Waals surface area contributed by atoms with Gasteiger partial charge in [-0.2, -0.15) is 0 Å². The summed E-state index contributed by atoms with van der Waals surface area (Å²) in [6.45, 7) is 6.76. The zero-order valence-corrected chi connectivity index (χ0v) is 53.0. The van der Waals surface area contributed by atoms with E-state index in [1.54, 1.807) is 11.3 Å². The third kappa shape index (κ3) is 9.67. The minimum Gasteiger partial charge on any atom is -0.309 e. The molecule has 18 rings (SSSR count). The van der Waals surface area contributed by atoms with Crippen LogP contribution in [0.1, 0.15) is 11.9 Å². The van der Waals surface area contributed by atoms with Crippen LogP contribution in [0.4, 0.5) is 0 Å². The SMILES string of the molecule is C=c1/c(=C\C(=C/C)c2nnc(-c3ccc4c5ccccc5n(-c5ccc(-c6nc(-c7ccc(-c8cccc9ccccc89)cc7)c7ccccc7n6)cc5)c4c3)s2)n(-c2ccc(-c3nc(-c4ccc(-c5cccc6ccccc56)cc4)c4ccccc4n3)cc2)c2ccccc12. The van der Waals surface area contributed by atoms with Crippen molar-refractivity contribution in [2.75, 3.05) is 0 Å². The summed E-state index contributed by atoms with van der Waals surface area (Å²) in [5.41, 5.74) is 19.4. The number of benzene rings is 13. The fourth-order valence-electron chi connectivity index (χ4n) is 14.0. The van der Waals surface area contributed by atoms with Crippen LogP contribution < -0.4 is 10.6 Å². The molecule has 0 bridgehead atoms. The lowest BCUT2D eigenvalue weighted by atomic mass is 9.96. The summed E-state index contributed by atoms with van der Waals surface area (Å²) in [7, 11) is 0. The molecule has 8 nitrogen and oxygen atoms in total. The van der Waals surface area contributed by atoms with Crippen LogP contribution >= 0.6 is 11.3 Å². The van der Waals surface area contributed by atoms with Crippen LogP contribution in [-0.4, -0.2) is 39.3 Å². The van der Waals surface area contributed by atoms with Gasteiger partial charge in [-0.3, -0.25) is 0 Å². The Balaban J connectivity index is 0.654. The van der Waals surface area contributed by atoms with Gasteiger partial charge in [0.1, 0.15) is 10.0 Å². The maximum absolute atomic E-state index is 5.30. The second kappa shape index (κ2) is 23.2. The molecule has 0 saturated carbocycles. The number of nitrogens with zero attached hydrogens (tertiary/aromatic N) is 8. The van der Waals surface area contributed by atoms with Gasteiger partial charge in [-0.1, -0.05) is 242 Å². The van der Waals surface area contributed by atoms with Crippen LogP contribution in [0.5, 0.6) is 0 Å². The molecule has 0 atom stereocenters. The molecule has 0 amide bonds. The first kappa shape index (κ1) is 56.2. The van der Waals surface area contributed by atoms with Gasteiger partial charge in [-0.15, -0.1) is 10.2 Å². The highest BCUT2D eigenvalue weighted by atomic mass is 32.1. The molecular formula is C87H56N8S. The van der Waals surface area contributed by atoms with Crippen LogP contribution in [0.2, 0.25) is 0 Å². The normalized spacial score (nSPS) is 12.2. The molecule has 13 aromatic carbocycles. The van der Waals surface area contributed by atoms with Crippen molar-refractivity contribution in [3.63, 3.8) is 0 Å². The van der Waals surface area contributed by atoms with Gasteiger partial charge in [-0.05, 0) is 136 Å². The van der Waals surface area contributed by atoms with Crippen molar-refractivity contribution in [1.29, 1.82) is 0 Å². The van der Waals surface area contributed by atoms with E-state index in [2.05, 4.69) is 313 Å². The van der Waals surface area contributed by atoms with Crippen LogP contribution in [0.3, 0.4) is 0 Å². The highest BCUT2D eigenvalue weighted by Gasteiger charge is 2.20. The number of hydrogen-bond donors (Lipinski definition) is 0. The number of aromatic nitrogens is 8. The molecule has 0 fully saturated rings. The molecule has 450 valence electrons. The van der Waals surface area contributed by atoms with Crippen LogP contribution in [0.15, 0.2) is 303 Å². The molecule has 96 heavy (non-hydrogen) atoms. The van der Waals surface area contributed by atoms with Gasteiger partial charge in [0.2, 0.25) is 0 Å². The lowest BCUT2D eigenvalue weighted by Crippen LogP contribution is -2.27. The fourth-order valence-corrected chi connectivity index (χ4v) is 14.8. The topological polar surface area (TPSA) is 87.2 Å². The molecule has 18 aromatic rings. The molecule has 0 aliphatic rings. The van der Waals surface area contributed by atoms with E-state index >= 15 is 0 Å². The largest absolute Gasteiger partial charge is 0.309 e. The van der Waals surface area contributed by atoms with Crippen molar-refractivity contribution in [3.05, 3.63) is 319 Å². The van der Waals surface area contributed by atoms with Crippen molar-refractivity contribution in [2.45, 2.75) is 6.92 Å². The molecule has 5 heterocycles. The smallest absolute Gasteiger partial charge is 0.160 e. The van der Waals surface area contributed by atoms with Crippen molar-refractivity contribution >= 4 is 106 Å². The molecule has 0 aliphatic carbocycles. The number of hydrogen-bond acceptors (Lipinski definition) is 7. The van der Waals surface area contributed by atoms with E-state index in [0.717, 1.165) is 137 Å². The van der Waals surface area contributed by atoms with Gasteiger partial charge in [-0.25, -0.2) is 19.9 Å². The molecule has 0 saturated heterocycles. The van der Waals surface area contributed by atoms with Gasteiger partial charge in [0.25, 0.3) is 0 Å². The Kier molecular flexibility index (Phi) is 13.6. The predicted molar refractivity (Wildman–Crippen MR) is 400 cm³/mol. The summed E-state index contributed by atoms with van der Waals surface area (Å²) in [6.07, 6.45) is 4.31. The number of fused-ring (bicyclic) bond motifs is 8. The molecule has 5 aromatic heterocycles. The van der Waals surface area contributed by atoms with E-state index in [-0.39, 0.29) is 0 Å². The first-order chi connectivity index (χ1) is 47.4. The molecular weight excluding hydrogens is 1190 g/mol. The zero-order valence-electron chi connectivity index (χ0n) is 52.1. The monoisotopic (exact) mass is 1240 g/mol. The Bertz CT molecular complexity index is 6270. The Morgan fingerprint density at radius 2 is 0.781 bits per heavy atom. The Morgan fingerprint density at radius 1 is 0.354 bits per heavy atom. The second-order valence-corrected chi connectivity index (χ2v) is 25.2. The first-order valence-corrected chi connectivity index (χ1v) is 33.0. The van der Waals surface area contributed by atoms with E-state index in [1.165, 1.54) is 38.1 Å². The number of rotatable bonds is 11. The molecule has 0 N–H and O–H groups in total. The second-order valence-electron chi connectivity index (χ2n) is 24.2. The molecule has 0 unspecified atom stereocenters. The van der Waals surface area contributed by atoms with E-state index in [4.69, 9.17) is 36.7 Å². The Hall–Kier alpha value is -12.6. The summed E-state index contributed by atoms with van der Waals surface area (Å²) < 4.78 is 4.63. The minimum atomic E-state index is 0.659. The van der Waals surface area contributed by atoms with Gasteiger partial charge in [0.05, 0.1) is 44.3 Å². The summed E-state index contributed by atoms with van der Waals surface area (Å²) in [6, 6.07) is 105. The maximum Gasteiger partial charge on any atom is 0.160 e. The fraction of sp³-hybridized carbons (Fsp3) is 0.0115. The van der Waals surface area contributed by atoms with Crippen molar-refractivity contribution < 1.29 is 0 Å². The molecule has 0 spiro atoms. The van der Waals surface area contributed by atoms with E-state index in [0.29, 0.717) is 11.6 Å². The summed E-state index contributed by atoms with van der Waals surface area (Å²) >= 11 is 1.58. The van der Waals surface area contributed by atoms with Gasteiger partial charge < -0.3 is 9.13 Å².